The van der Waals surface area contributed by atoms with Crippen LogP contribution in [-0.2, 0) is 52.7 Å². The van der Waals surface area contributed by atoms with E-state index in [1.807, 2.05) is 0 Å². The molecule has 2 fully saturated rings. The molecule has 52 heavy (non-hydrogen) atoms. The molecule has 0 aromatic rings. The monoisotopic (exact) mass is 738 g/mol. The van der Waals surface area contributed by atoms with Gasteiger partial charge in [-0.1, -0.05) is 6.58 Å². The Morgan fingerprint density at radius 2 is 0.962 bits per heavy atom. The summed E-state index contributed by atoms with van der Waals surface area (Å²) in [5.41, 5.74) is -1.24. The molecule has 0 aliphatic carbocycles. The van der Waals surface area contributed by atoms with Gasteiger partial charge in [-0.05, 0) is 48.0 Å². The van der Waals surface area contributed by atoms with E-state index in [1.165, 1.54) is 9.80 Å². The van der Waals surface area contributed by atoms with Crippen molar-refractivity contribution in [3.63, 3.8) is 0 Å². The molecule has 0 aromatic carbocycles. The van der Waals surface area contributed by atoms with E-state index in [1.54, 1.807) is 41.5 Å². The molecule has 19 heteroatoms. The topological polar surface area (TPSA) is 228 Å². The van der Waals surface area contributed by atoms with Crippen molar-refractivity contribution in [2.75, 3.05) is 39.3 Å². The van der Waals surface area contributed by atoms with E-state index >= 15 is 0 Å². The second-order valence-electron chi connectivity index (χ2n) is 13.9. The van der Waals surface area contributed by atoms with Gasteiger partial charge >= 0.3 is 24.1 Å². The maximum Gasteiger partial charge on any atom is 0.407 e. The fourth-order valence-electron chi connectivity index (χ4n) is 4.60. The Balaban J connectivity index is 2.14. The van der Waals surface area contributed by atoms with Crippen LogP contribution in [0.4, 0.5) is 9.59 Å². The first-order valence-electron chi connectivity index (χ1n) is 16.9. The summed E-state index contributed by atoms with van der Waals surface area (Å²) in [5.74, 6) is -4.63. The number of nitrogens with zero attached hydrogens (tertiary/aromatic N) is 4. The zero-order chi connectivity index (χ0) is 39.2. The lowest BCUT2D eigenvalue weighted by Gasteiger charge is -2.28. The molecule has 2 rings (SSSR count). The number of carbonyl (C=O) groups excluding carboxylic acids is 9. The number of carbonyl (C=O) groups is 9. The Labute approximate surface area is 302 Å². The molecular formula is C33H50N6O13. The van der Waals surface area contributed by atoms with Crippen LogP contribution in [0.3, 0.4) is 0 Å². The normalized spacial score (nSPS) is 14.6. The van der Waals surface area contributed by atoms with Crippen LogP contribution in [0.25, 0.3) is 0 Å². The van der Waals surface area contributed by atoms with Crippen molar-refractivity contribution in [3.8, 4) is 0 Å². The molecule has 0 radical (unpaired) electrons. The molecule has 2 aliphatic rings. The Bertz CT molecular complexity index is 1270. The zero-order valence-corrected chi connectivity index (χ0v) is 30.7. The quantitative estimate of drug-likeness (QED) is 0.202. The standard InChI is InChI=1S/C33H50N6O13/c1-22-8-9-25(42)38(22)51-28(45)14-18-36(23(40)12-16-34-30(47)49-32(2,3)4)20-21-37(24(41)13-17-35-31(48)50-33(5,6)7)19-15-29(46)52-39-26(43)10-11-27(39)44/h1,8-21H2,2-7H3,(H,34,47)(H,35,48). The van der Waals surface area contributed by atoms with Crippen LogP contribution < -0.4 is 10.6 Å². The van der Waals surface area contributed by atoms with Gasteiger partial charge in [-0.15, -0.1) is 10.1 Å². The van der Waals surface area contributed by atoms with Crippen LogP contribution in [-0.4, -0.2) is 124 Å². The highest BCUT2D eigenvalue weighted by Gasteiger charge is 2.33. The molecule has 2 N–H and O–H groups in total. The van der Waals surface area contributed by atoms with E-state index in [4.69, 9.17) is 19.1 Å². The van der Waals surface area contributed by atoms with Crippen molar-refractivity contribution in [1.82, 2.24) is 30.6 Å². The highest BCUT2D eigenvalue weighted by molar-refractivity contribution is 6.01. The molecule has 0 spiro atoms. The van der Waals surface area contributed by atoms with Crippen molar-refractivity contribution < 1.29 is 62.3 Å². The summed E-state index contributed by atoms with van der Waals surface area (Å²) in [4.78, 5) is 124. The molecular weight excluding hydrogens is 688 g/mol. The lowest BCUT2D eigenvalue weighted by molar-refractivity contribution is -0.197. The van der Waals surface area contributed by atoms with Gasteiger partial charge in [0.25, 0.3) is 17.7 Å². The van der Waals surface area contributed by atoms with Crippen molar-refractivity contribution in [1.29, 1.82) is 0 Å². The molecule has 2 heterocycles. The third kappa shape index (κ3) is 15.8. The number of allylic oxidation sites excluding steroid dienone is 1. The van der Waals surface area contributed by atoms with Crippen LogP contribution in [0, 0.1) is 0 Å². The van der Waals surface area contributed by atoms with Gasteiger partial charge in [-0.2, -0.15) is 0 Å². The van der Waals surface area contributed by atoms with Crippen molar-refractivity contribution in [2.45, 2.75) is 104 Å². The number of amides is 7. The SMILES string of the molecule is C=C1CCC(=O)N1OC(=O)CCN(CCN(CCC(=O)ON1C(=O)CCC1=O)C(=O)CCNC(=O)OC(C)(C)C)C(=O)CCNC(=O)OC(C)(C)C. The minimum Gasteiger partial charge on any atom is -0.444 e. The molecule has 290 valence electrons. The van der Waals surface area contributed by atoms with Gasteiger partial charge in [-0.3, -0.25) is 24.0 Å². The van der Waals surface area contributed by atoms with Crippen molar-refractivity contribution in [2.24, 2.45) is 0 Å². The molecule has 19 nitrogen and oxygen atoms in total. The van der Waals surface area contributed by atoms with Crippen LogP contribution in [0.2, 0.25) is 0 Å². The molecule has 0 atom stereocenters. The number of hydrogen-bond donors (Lipinski definition) is 2. The van der Waals surface area contributed by atoms with Crippen molar-refractivity contribution in [3.05, 3.63) is 12.3 Å². The Morgan fingerprint density at radius 1 is 0.596 bits per heavy atom. The van der Waals surface area contributed by atoms with E-state index in [2.05, 4.69) is 17.2 Å². The summed E-state index contributed by atoms with van der Waals surface area (Å²) >= 11 is 0. The highest BCUT2D eigenvalue weighted by Crippen LogP contribution is 2.21. The molecule has 2 aliphatic heterocycles. The molecule has 0 saturated carbocycles. The van der Waals surface area contributed by atoms with Gasteiger partial charge in [0.1, 0.15) is 11.2 Å². The van der Waals surface area contributed by atoms with Gasteiger partial charge in [0.05, 0.1) is 18.5 Å². The molecule has 7 amide bonds. The number of alkyl carbamates (subject to hydrolysis) is 2. The fourth-order valence-corrected chi connectivity index (χ4v) is 4.60. The van der Waals surface area contributed by atoms with Crippen molar-refractivity contribution >= 4 is 53.7 Å². The van der Waals surface area contributed by atoms with Gasteiger partial charge < -0.3 is 39.6 Å². The van der Waals surface area contributed by atoms with E-state index in [0.29, 0.717) is 17.2 Å². The number of hydroxylamine groups is 4. The highest BCUT2D eigenvalue weighted by atomic mass is 16.7. The predicted molar refractivity (Wildman–Crippen MR) is 179 cm³/mol. The van der Waals surface area contributed by atoms with Crippen LogP contribution in [0.15, 0.2) is 12.3 Å². The summed E-state index contributed by atoms with van der Waals surface area (Å²) in [6, 6.07) is 0. The van der Waals surface area contributed by atoms with Gasteiger partial charge in [0.2, 0.25) is 11.8 Å². The number of rotatable bonds is 17. The smallest absolute Gasteiger partial charge is 0.407 e. The summed E-state index contributed by atoms with van der Waals surface area (Å²) < 4.78 is 10.4. The Morgan fingerprint density at radius 3 is 1.33 bits per heavy atom. The molecule has 2 saturated heterocycles. The summed E-state index contributed by atoms with van der Waals surface area (Å²) in [6.45, 7) is 12.7. The number of imide groups is 1. The second-order valence-corrected chi connectivity index (χ2v) is 13.9. The van der Waals surface area contributed by atoms with E-state index in [0.717, 1.165) is 5.06 Å². The van der Waals surface area contributed by atoms with Crippen LogP contribution >= 0.6 is 0 Å². The first-order valence-corrected chi connectivity index (χ1v) is 16.9. The minimum atomic E-state index is -0.963. The lowest BCUT2D eigenvalue weighted by atomic mass is 10.2. The third-order valence-corrected chi connectivity index (χ3v) is 7.06. The summed E-state index contributed by atoms with van der Waals surface area (Å²) in [6.07, 6.45) is -2.46. The van der Waals surface area contributed by atoms with E-state index < -0.39 is 71.3 Å². The van der Waals surface area contributed by atoms with Gasteiger partial charge in [0, 0.05) is 71.4 Å². The van der Waals surface area contributed by atoms with E-state index in [9.17, 15) is 43.2 Å². The Kier molecular flexibility index (Phi) is 16.0. The Hall–Kier alpha value is -5.23. The fraction of sp³-hybridized carbons (Fsp3) is 0.667. The van der Waals surface area contributed by atoms with Crippen LogP contribution in [0.1, 0.15) is 92.9 Å². The largest absolute Gasteiger partial charge is 0.444 e. The average Bonchev–Trinajstić information content (AvgIpc) is 3.50. The second kappa shape index (κ2) is 19.4. The summed E-state index contributed by atoms with van der Waals surface area (Å²) in [7, 11) is 0. The number of ether oxygens (including phenoxy) is 2. The zero-order valence-electron chi connectivity index (χ0n) is 30.7. The van der Waals surface area contributed by atoms with Gasteiger partial charge in [0.15, 0.2) is 0 Å². The number of nitrogens with one attached hydrogen (secondary N) is 2. The molecule has 0 aromatic heterocycles. The van der Waals surface area contributed by atoms with Crippen LogP contribution in [0.5, 0.6) is 0 Å². The van der Waals surface area contributed by atoms with E-state index in [-0.39, 0.29) is 77.8 Å². The van der Waals surface area contributed by atoms with Gasteiger partial charge in [-0.25, -0.2) is 19.2 Å². The third-order valence-electron chi connectivity index (χ3n) is 7.06. The predicted octanol–water partition coefficient (Wildman–Crippen LogP) is 1.45. The molecule has 0 unspecified atom stereocenters. The average molecular weight is 739 g/mol. The maximum absolute atomic E-state index is 13.3. The molecule has 0 bridgehead atoms. The number of hydrogen-bond acceptors (Lipinski definition) is 13. The first kappa shape index (κ1) is 42.9. The summed E-state index contributed by atoms with van der Waals surface area (Å²) in [5, 5.41) is 6.14. The first-order chi connectivity index (χ1) is 24.1. The lowest BCUT2D eigenvalue weighted by Crippen LogP contribution is -2.44. The maximum atomic E-state index is 13.3. The minimum absolute atomic E-state index is 0.102.